The molecular formula is C21H26N6O2. The summed E-state index contributed by atoms with van der Waals surface area (Å²) in [5.41, 5.74) is 3.74. The Balaban J connectivity index is 1.39. The topological polar surface area (TPSA) is 78.2 Å². The minimum Gasteiger partial charge on any atom is -0.462 e. The fourth-order valence-corrected chi connectivity index (χ4v) is 4.20. The highest BCUT2D eigenvalue weighted by Crippen LogP contribution is 2.35. The summed E-state index contributed by atoms with van der Waals surface area (Å²) in [4.78, 5) is 20.7. The molecular weight excluding hydrogens is 368 g/mol. The monoisotopic (exact) mass is 394 g/mol. The summed E-state index contributed by atoms with van der Waals surface area (Å²) in [7, 11) is 1.78. The van der Waals surface area contributed by atoms with E-state index in [1.807, 2.05) is 18.5 Å². The van der Waals surface area contributed by atoms with Crippen LogP contribution in [0.15, 0.2) is 24.5 Å². The van der Waals surface area contributed by atoms with Crippen LogP contribution in [0, 0.1) is 0 Å². The molecule has 2 aliphatic rings. The van der Waals surface area contributed by atoms with Crippen molar-refractivity contribution in [2.24, 2.45) is 0 Å². The van der Waals surface area contributed by atoms with Gasteiger partial charge in [-0.25, -0.2) is 9.97 Å². The molecule has 0 saturated carbocycles. The van der Waals surface area contributed by atoms with E-state index in [4.69, 9.17) is 14.5 Å². The number of ether oxygens (including phenoxy) is 2. The van der Waals surface area contributed by atoms with Gasteiger partial charge in [0.05, 0.1) is 29.1 Å². The van der Waals surface area contributed by atoms with E-state index < -0.39 is 0 Å². The number of rotatable bonds is 4. The van der Waals surface area contributed by atoms with Crippen molar-refractivity contribution in [3.63, 3.8) is 0 Å². The normalized spacial score (nSPS) is 18.8. The molecule has 0 N–H and O–H groups in total. The number of methoxy groups -OCH3 is 1. The predicted molar refractivity (Wildman–Crippen MR) is 109 cm³/mol. The molecule has 0 spiro atoms. The lowest BCUT2D eigenvalue weighted by molar-refractivity contribution is 0.0816. The largest absolute Gasteiger partial charge is 0.462 e. The van der Waals surface area contributed by atoms with E-state index in [2.05, 4.69) is 44.3 Å². The Bertz CT molecular complexity index is 1040. The molecule has 5 heterocycles. The van der Waals surface area contributed by atoms with Gasteiger partial charge in [0, 0.05) is 38.5 Å². The SMILES string of the molecule is COC1CCN(c2nccc(Cc3cc4c(cn3)nc3n4C(C)(C)CO3)n2)CC1. The summed E-state index contributed by atoms with van der Waals surface area (Å²) in [6.07, 6.45) is 6.68. The van der Waals surface area contributed by atoms with E-state index in [1.165, 1.54) is 0 Å². The molecule has 8 heteroatoms. The number of fused-ring (bicyclic) bond motifs is 3. The highest BCUT2D eigenvalue weighted by molar-refractivity contribution is 5.77. The summed E-state index contributed by atoms with van der Waals surface area (Å²) >= 11 is 0. The van der Waals surface area contributed by atoms with Gasteiger partial charge in [-0.2, -0.15) is 4.98 Å². The number of imidazole rings is 1. The second-order valence-electron chi connectivity index (χ2n) is 8.44. The third-order valence-electron chi connectivity index (χ3n) is 5.85. The number of nitrogens with zero attached hydrogens (tertiary/aromatic N) is 6. The van der Waals surface area contributed by atoms with E-state index >= 15 is 0 Å². The minimum absolute atomic E-state index is 0.112. The summed E-state index contributed by atoms with van der Waals surface area (Å²) < 4.78 is 13.4. The van der Waals surface area contributed by atoms with Gasteiger partial charge < -0.3 is 14.4 Å². The van der Waals surface area contributed by atoms with E-state index in [0.717, 1.165) is 54.3 Å². The Kier molecular flexibility index (Phi) is 4.38. The first-order valence-electron chi connectivity index (χ1n) is 10.1. The second-order valence-corrected chi connectivity index (χ2v) is 8.44. The zero-order chi connectivity index (χ0) is 20.0. The maximum absolute atomic E-state index is 5.74. The summed E-state index contributed by atoms with van der Waals surface area (Å²) in [6.45, 7) is 6.80. The number of piperidine rings is 1. The number of hydrogen-bond donors (Lipinski definition) is 0. The Morgan fingerprint density at radius 3 is 2.79 bits per heavy atom. The van der Waals surface area contributed by atoms with Crippen molar-refractivity contribution in [2.75, 3.05) is 31.7 Å². The van der Waals surface area contributed by atoms with Gasteiger partial charge >= 0.3 is 0 Å². The molecule has 3 aromatic heterocycles. The van der Waals surface area contributed by atoms with Gasteiger partial charge in [-0.1, -0.05) is 0 Å². The predicted octanol–water partition coefficient (Wildman–Crippen LogP) is 2.55. The molecule has 0 atom stereocenters. The van der Waals surface area contributed by atoms with Crippen molar-refractivity contribution < 1.29 is 9.47 Å². The Hall–Kier alpha value is -2.74. The van der Waals surface area contributed by atoms with Gasteiger partial charge in [0.25, 0.3) is 6.01 Å². The molecule has 29 heavy (non-hydrogen) atoms. The average molecular weight is 394 g/mol. The van der Waals surface area contributed by atoms with E-state index in [0.29, 0.717) is 25.1 Å². The lowest BCUT2D eigenvalue weighted by Crippen LogP contribution is -2.37. The average Bonchev–Trinajstić information content (AvgIpc) is 3.25. The van der Waals surface area contributed by atoms with E-state index in [-0.39, 0.29) is 5.54 Å². The maximum atomic E-state index is 5.74. The molecule has 1 saturated heterocycles. The zero-order valence-electron chi connectivity index (χ0n) is 17.1. The van der Waals surface area contributed by atoms with Crippen molar-refractivity contribution >= 4 is 17.0 Å². The molecule has 0 radical (unpaired) electrons. The van der Waals surface area contributed by atoms with E-state index in [1.54, 1.807) is 7.11 Å². The molecule has 1 fully saturated rings. The van der Waals surface area contributed by atoms with Gasteiger partial charge in [0.2, 0.25) is 5.95 Å². The molecule has 0 unspecified atom stereocenters. The maximum Gasteiger partial charge on any atom is 0.298 e. The molecule has 0 aromatic carbocycles. The van der Waals surface area contributed by atoms with Crippen LogP contribution in [0.5, 0.6) is 6.01 Å². The van der Waals surface area contributed by atoms with Crippen LogP contribution in [-0.2, 0) is 16.7 Å². The van der Waals surface area contributed by atoms with Gasteiger partial charge in [0.15, 0.2) is 0 Å². The van der Waals surface area contributed by atoms with Crippen molar-refractivity contribution in [2.45, 2.75) is 44.8 Å². The standard InChI is InChI=1S/C21H26N6O2/c1-21(2)13-29-20-25-17-12-23-15(11-18(17)27(20)21)10-14-4-7-22-19(24-14)26-8-5-16(28-3)6-9-26/h4,7,11-12,16H,5-6,8-10,13H2,1-3H3. The molecule has 5 rings (SSSR count). The van der Waals surface area contributed by atoms with Gasteiger partial charge in [0.1, 0.15) is 12.1 Å². The molecule has 3 aromatic rings. The van der Waals surface area contributed by atoms with Crippen LogP contribution in [0.2, 0.25) is 0 Å². The fourth-order valence-electron chi connectivity index (χ4n) is 4.20. The molecule has 2 aliphatic heterocycles. The number of anilines is 1. The number of aromatic nitrogens is 5. The van der Waals surface area contributed by atoms with Gasteiger partial charge in [-0.15, -0.1) is 0 Å². The van der Waals surface area contributed by atoms with E-state index in [9.17, 15) is 0 Å². The minimum atomic E-state index is -0.112. The molecule has 0 bridgehead atoms. The van der Waals surface area contributed by atoms with Crippen LogP contribution < -0.4 is 9.64 Å². The lowest BCUT2D eigenvalue weighted by atomic mass is 10.1. The zero-order valence-corrected chi connectivity index (χ0v) is 17.1. The first-order chi connectivity index (χ1) is 14.0. The molecule has 0 aliphatic carbocycles. The molecule has 0 amide bonds. The smallest absolute Gasteiger partial charge is 0.298 e. The lowest BCUT2D eigenvalue weighted by Gasteiger charge is -2.31. The van der Waals surface area contributed by atoms with Crippen LogP contribution in [0.4, 0.5) is 5.95 Å². The first kappa shape index (κ1) is 18.3. The van der Waals surface area contributed by atoms with Crippen LogP contribution in [0.25, 0.3) is 11.0 Å². The molecule has 8 nitrogen and oxygen atoms in total. The van der Waals surface area contributed by atoms with Gasteiger partial charge in [-0.05, 0) is 38.8 Å². The fraction of sp³-hybridized carbons (Fsp3) is 0.524. The van der Waals surface area contributed by atoms with Crippen molar-refractivity contribution in [1.82, 2.24) is 24.5 Å². The van der Waals surface area contributed by atoms with Crippen molar-refractivity contribution in [3.8, 4) is 6.01 Å². The summed E-state index contributed by atoms with van der Waals surface area (Å²) in [5, 5.41) is 0. The highest BCUT2D eigenvalue weighted by atomic mass is 16.5. The number of hydrogen-bond acceptors (Lipinski definition) is 7. The summed E-state index contributed by atoms with van der Waals surface area (Å²) in [6, 6.07) is 4.74. The first-order valence-corrected chi connectivity index (χ1v) is 10.1. The van der Waals surface area contributed by atoms with Crippen LogP contribution in [-0.4, -0.2) is 57.4 Å². The van der Waals surface area contributed by atoms with Crippen molar-refractivity contribution in [1.29, 1.82) is 0 Å². The Labute approximate surface area is 169 Å². The Morgan fingerprint density at radius 1 is 1.17 bits per heavy atom. The van der Waals surface area contributed by atoms with Crippen LogP contribution in [0.1, 0.15) is 38.1 Å². The van der Waals surface area contributed by atoms with Crippen LogP contribution >= 0.6 is 0 Å². The highest BCUT2D eigenvalue weighted by Gasteiger charge is 2.34. The van der Waals surface area contributed by atoms with Crippen molar-refractivity contribution in [3.05, 3.63) is 35.9 Å². The number of pyridine rings is 1. The molecule has 152 valence electrons. The quantitative estimate of drug-likeness (QED) is 0.673. The summed E-state index contributed by atoms with van der Waals surface area (Å²) in [5.74, 6) is 0.790. The third-order valence-corrected chi connectivity index (χ3v) is 5.85. The third kappa shape index (κ3) is 3.31. The Morgan fingerprint density at radius 2 is 2.00 bits per heavy atom. The second kappa shape index (κ2) is 6.95. The van der Waals surface area contributed by atoms with Crippen LogP contribution in [0.3, 0.4) is 0 Å². The van der Waals surface area contributed by atoms with Gasteiger partial charge in [-0.3, -0.25) is 9.55 Å².